The smallest absolute Gasteiger partial charge is 0.323 e. The van der Waals surface area contributed by atoms with Crippen LogP contribution in [-0.2, 0) is 19.6 Å². The van der Waals surface area contributed by atoms with Crippen molar-refractivity contribution in [2.45, 2.75) is 6.92 Å². The van der Waals surface area contributed by atoms with Gasteiger partial charge in [-0.2, -0.15) is 4.31 Å². The van der Waals surface area contributed by atoms with Gasteiger partial charge in [-0.25, -0.2) is 8.42 Å². The lowest BCUT2D eigenvalue weighted by atomic mass is 10.4. The minimum Gasteiger partial charge on any atom is -0.480 e. The van der Waals surface area contributed by atoms with Crippen LogP contribution in [0.15, 0.2) is 0 Å². The first kappa shape index (κ1) is 14.8. The Hall–Kier alpha value is -1.15. The molecule has 0 bridgehead atoms. The Morgan fingerprint density at radius 2 is 1.75 bits per heavy atom. The molecule has 0 saturated heterocycles. The predicted molar refractivity (Wildman–Crippen MR) is 57.4 cm³/mol. The molecule has 0 saturated carbocycles. The minimum atomic E-state index is -3.43. The first-order valence-electron chi connectivity index (χ1n) is 4.59. The summed E-state index contributed by atoms with van der Waals surface area (Å²) in [6.07, 6.45) is 0.980. The van der Waals surface area contributed by atoms with E-state index in [4.69, 9.17) is 5.11 Å². The van der Waals surface area contributed by atoms with Gasteiger partial charge in [0, 0.05) is 13.6 Å². The van der Waals surface area contributed by atoms with Crippen molar-refractivity contribution in [3.63, 3.8) is 0 Å². The molecule has 0 fully saturated rings. The Kier molecular flexibility index (Phi) is 5.39. The van der Waals surface area contributed by atoms with E-state index in [-0.39, 0.29) is 13.1 Å². The van der Waals surface area contributed by atoms with Crippen molar-refractivity contribution in [2.75, 3.05) is 32.9 Å². The second-order valence-corrected chi connectivity index (χ2v) is 5.41. The second kappa shape index (κ2) is 5.80. The topological polar surface area (TPSA) is 95.0 Å². The van der Waals surface area contributed by atoms with Crippen LogP contribution in [0, 0.1) is 0 Å². The maximum atomic E-state index is 11.5. The summed E-state index contributed by atoms with van der Waals surface area (Å²) in [7, 11) is -2.16. The first-order chi connectivity index (χ1) is 7.18. The molecule has 0 aliphatic rings. The lowest BCUT2D eigenvalue weighted by molar-refractivity contribution is -0.144. The van der Waals surface area contributed by atoms with Crippen molar-refractivity contribution in [2.24, 2.45) is 0 Å². The highest BCUT2D eigenvalue weighted by atomic mass is 32.2. The van der Waals surface area contributed by atoms with Crippen molar-refractivity contribution < 1.29 is 23.1 Å². The maximum absolute atomic E-state index is 11.5. The van der Waals surface area contributed by atoms with Crippen LogP contribution >= 0.6 is 0 Å². The summed E-state index contributed by atoms with van der Waals surface area (Å²) in [6, 6.07) is 0. The fourth-order valence-electron chi connectivity index (χ4n) is 0.947. The zero-order valence-electron chi connectivity index (χ0n) is 9.50. The fourth-order valence-corrected chi connectivity index (χ4v) is 1.29. The van der Waals surface area contributed by atoms with Crippen LogP contribution in [0.5, 0.6) is 0 Å². The van der Waals surface area contributed by atoms with E-state index in [2.05, 4.69) is 0 Å². The van der Waals surface area contributed by atoms with E-state index in [0.29, 0.717) is 0 Å². The number of hydrogen-bond donors (Lipinski definition) is 1. The third kappa shape index (κ3) is 5.08. The average molecular weight is 252 g/mol. The summed E-state index contributed by atoms with van der Waals surface area (Å²) >= 11 is 0. The van der Waals surface area contributed by atoms with Gasteiger partial charge >= 0.3 is 5.97 Å². The molecule has 0 atom stereocenters. The summed E-state index contributed by atoms with van der Waals surface area (Å²) in [6.45, 7) is 1.08. The van der Waals surface area contributed by atoms with E-state index in [1.165, 1.54) is 7.05 Å². The van der Waals surface area contributed by atoms with E-state index in [1.54, 1.807) is 6.92 Å². The molecule has 16 heavy (non-hydrogen) atoms. The summed E-state index contributed by atoms with van der Waals surface area (Å²) in [5, 5.41) is 8.53. The van der Waals surface area contributed by atoms with Crippen molar-refractivity contribution in [1.82, 2.24) is 9.21 Å². The molecular formula is C8H16N2O5S. The Balaban J connectivity index is 4.49. The zero-order chi connectivity index (χ0) is 12.9. The van der Waals surface area contributed by atoms with Gasteiger partial charge in [0.15, 0.2) is 0 Å². The van der Waals surface area contributed by atoms with Crippen molar-refractivity contribution in [1.29, 1.82) is 0 Å². The van der Waals surface area contributed by atoms with E-state index in [0.717, 1.165) is 15.5 Å². The summed E-state index contributed by atoms with van der Waals surface area (Å²) in [4.78, 5) is 23.0. The average Bonchev–Trinajstić information content (AvgIpc) is 2.11. The molecule has 94 valence electrons. The quantitative estimate of drug-likeness (QED) is 0.641. The van der Waals surface area contributed by atoms with Crippen LogP contribution in [0.3, 0.4) is 0 Å². The van der Waals surface area contributed by atoms with Gasteiger partial charge in [0.1, 0.15) is 6.54 Å². The lowest BCUT2D eigenvalue weighted by Crippen LogP contribution is -2.42. The number of sulfonamides is 1. The largest absolute Gasteiger partial charge is 0.480 e. The van der Waals surface area contributed by atoms with Gasteiger partial charge in [0.25, 0.3) is 0 Å². The number of carboxylic acids is 1. The van der Waals surface area contributed by atoms with Crippen molar-refractivity contribution >= 4 is 21.9 Å². The molecule has 0 heterocycles. The molecule has 0 aliphatic heterocycles. The molecule has 0 aromatic rings. The van der Waals surface area contributed by atoms with Crippen molar-refractivity contribution in [3.8, 4) is 0 Å². The monoisotopic (exact) mass is 252 g/mol. The molecule has 1 N–H and O–H groups in total. The molecular weight excluding hydrogens is 236 g/mol. The van der Waals surface area contributed by atoms with Gasteiger partial charge in [-0.15, -0.1) is 0 Å². The Bertz CT molecular complexity index is 365. The number of amides is 1. The SMILES string of the molecule is CCN(CC(=O)O)C(=O)CN(C)S(C)(=O)=O. The molecule has 1 amide bonds. The Morgan fingerprint density at radius 1 is 1.25 bits per heavy atom. The van der Waals surface area contributed by atoms with Crippen molar-refractivity contribution in [3.05, 3.63) is 0 Å². The number of carboxylic acid groups (broad SMARTS) is 1. The van der Waals surface area contributed by atoms with Crippen LogP contribution in [0.25, 0.3) is 0 Å². The van der Waals surface area contributed by atoms with Crippen LogP contribution in [0.4, 0.5) is 0 Å². The summed E-state index contributed by atoms with van der Waals surface area (Å²) in [5.41, 5.74) is 0. The molecule has 0 aromatic heterocycles. The highest BCUT2D eigenvalue weighted by molar-refractivity contribution is 7.88. The Labute approximate surface area is 94.7 Å². The van der Waals surface area contributed by atoms with Gasteiger partial charge < -0.3 is 10.0 Å². The number of aliphatic carboxylic acids is 1. The number of rotatable bonds is 6. The number of carbonyl (C=O) groups is 2. The van der Waals surface area contributed by atoms with E-state index >= 15 is 0 Å². The maximum Gasteiger partial charge on any atom is 0.323 e. The number of hydrogen-bond acceptors (Lipinski definition) is 4. The number of nitrogens with zero attached hydrogens (tertiary/aromatic N) is 2. The van der Waals surface area contributed by atoms with E-state index < -0.39 is 28.4 Å². The number of carbonyl (C=O) groups excluding carboxylic acids is 1. The molecule has 0 aliphatic carbocycles. The molecule has 8 heteroatoms. The van der Waals surface area contributed by atoms with E-state index in [9.17, 15) is 18.0 Å². The predicted octanol–water partition coefficient (Wildman–Crippen LogP) is -1.19. The van der Waals surface area contributed by atoms with E-state index in [1.807, 2.05) is 0 Å². The van der Waals surface area contributed by atoms with Gasteiger partial charge in [-0.1, -0.05) is 0 Å². The highest BCUT2D eigenvalue weighted by Crippen LogP contribution is 1.97. The molecule has 0 radical (unpaired) electrons. The number of likely N-dealkylation sites (N-methyl/N-ethyl adjacent to an activating group) is 2. The minimum absolute atomic E-state index is 0.225. The Morgan fingerprint density at radius 3 is 2.06 bits per heavy atom. The normalized spacial score (nSPS) is 11.5. The van der Waals surface area contributed by atoms with Crippen LogP contribution in [0.1, 0.15) is 6.92 Å². The van der Waals surface area contributed by atoms with Crippen LogP contribution in [0.2, 0.25) is 0 Å². The third-order valence-corrected chi connectivity index (χ3v) is 3.25. The second-order valence-electron chi connectivity index (χ2n) is 3.32. The summed E-state index contributed by atoms with van der Waals surface area (Å²) in [5.74, 6) is -1.66. The van der Waals surface area contributed by atoms with Gasteiger partial charge in [0.2, 0.25) is 15.9 Å². The van der Waals surface area contributed by atoms with Gasteiger partial charge in [-0.05, 0) is 6.92 Å². The molecule has 0 rings (SSSR count). The molecule has 0 unspecified atom stereocenters. The molecule has 0 spiro atoms. The standard InChI is InChI=1S/C8H16N2O5S/c1-4-10(6-8(12)13)7(11)5-9(2)16(3,14)15/h4-6H2,1-3H3,(H,12,13). The lowest BCUT2D eigenvalue weighted by Gasteiger charge is -2.21. The molecule has 0 aromatic carbocycles. The zero-order valence-corrected chi connectivity index (χ0v) is 10.3. The third-order valence-electron chi connectivity index (χ3n) is 1.98. The fraction of sp³-hybridized carbons (Fsp3) is 0.750. The van der Waals surface area contributed by atoms with Crippen LogP contribution in [-0.4, -0.2) is 67.5 Å². The van der Waals surface area contributed by atoms with Crippen LogP contribution < -0.4 is 0 Å². The summed E-state index contributed by atoms with van der Waals surface area (Å²) < 4.78 is 23.0. The molecule has 7 nitrogen and oxygen atoms in total. The van der Waals surface area contributed by atoms with Gasteiger partial charge in [0.05, 0.1) is 12.8 Å². The van der Waals surface area contributed by atoms with Gasteiger partial charge in [-0.3, -0.25) is 9.59 Å². The highest BCUT2D eigenvalue weighted by Gasteiger charge is 2.20. The first-order valence-corrected chi connectivity index (χ1v) is 6.44.